The normalized spacial score (nSPS) is 12.3. The van der Waals surface area contributed by atoms with Gasteiger partial charge in [-0.3, -0.25) is 4.79 Å². The molecule has 2 rings (SSSR count). The van der Waals surface area contributed by atoms with Crippen LogP contribution in [0.1, 0.15) is 24.4 Å². The lowest BCUT2D eigenvalue weighted by atomic mass is 10.1. The molecular weight excluding hydrogens is 274 g/mol. The number of nitrogens with zero attached hydrogens (tertiary/aromatic N) is 2. The Morgan fingerprint density at radius 1 is 1.43 bits per heavy atom. The minimum absolute atomic E-state index is 0.0106. The van der Waals surface area contributed by atoms with Crippen LogP contribution in [-0.2, 0) is 9.59 Å². The van der Waals surface area contributed by atoms with E-state index in [4.69, 9.17) is 5.73 Å². The Bertz CT molecular complexity index is 694. The van der Waals surface area contributed by atoms with E-state index in [0.717, 1.165) is 5.69 Å². The number of H-pyrrole nitrogens is 1. The smallest absolute Gasteiger partial charge is 0.326 e. The maximum Gasteiger partial charge on any atom is 0.326 e. The van der Waals surface area contributed by atoms with Crippen LogP contribution in [-0.4, -0.2) is 38.0 Å². The Morgan fingerprint density at radius 2 is 2.14 bits per heavy atom. The average Bonchev–Trinajstić information content (AvgIpc) is 2.73. The molecule has 2 aromatic rings. The number of aromatic nitrogens is 3. The first kappa shape index (κ1) is 14.8. The zero-order valence-electron chi connectivity index (χ0n) is 11.8. The summed E-state index contributed by atoms with van der Waals surface area (Å²) in [5, 5.41) is 12.8. The number of aryl methyl sites for hydroxylation is 2. The summed E-state index contributed by atoms with van der Waals surface area (Å²) in [4.78, 5) is 33.7. The second-order valence-corrected chi connectivity index (χ2v) is 4.87. The number of anilines is 1. The molecular formula is C13H17N5O3. The number of amides is 1. The molecule has 2 aromatic heterocycles. The molecule has 5 N–H and O–H groups in total. The first-order chi connectivity index (χ1) is 9.86. The van der Waals surface area contributed by atoms with E-state index < -0.39 is 17.9 Å². The lowest BCUT2D eigenvalue weighted by Gasteiger charge is -2.15. The van der Waals surface area contributed by atoms with Gasteiger partial charge < -0.3 is 21.1 Å². The van der Waals surface area contributed by atoms with Crippen LogP contribution >= 0.6 is 0 Å². The van der Waals surface area contributed by atoms with Crippen molar-refractivity contribution in [2.75, 3.05) is 5.32 Å². The lowest BCUT2D eigenvalue weighted by molar-refractivity contribution is -0.138. The highest BCUT2D eigenvalue weighted by Gasteiger charge is 2.20. The number of aliphatic carboxylic acids is 1. The number of carbonyl (C=O) groups excluding carboxylic acids is 1. The van der Waals surface area contributed by atoms with Crippen molar-refractivity contribution in [2.24, 2.45) is 5.73 Å². The van der Waals surface area contributed by atoms with Crippen LogP contribution in [0.5, 0.6) is 0 Å². The number of aromatic amines is 1. The third-order valence-corrected chi connectivity index (χ3v) is 3.02. The summed E-state index contributed by atoms with van der Waals surface area (Å²) in [5.74, 6) is -0.651. The van der Waals surface area contributed by atoms with Gasteiger partial charge in [0.25, 0.3) is 0 Å². The van der Waals surface area contributed by atoms with Crippen LogP contribution in [0.4, 0.5) is 5.82 Å². The van der Waals surface area contributed by atoms with Gasteiger partial charge in [-0.05, 0) is 26.3 Å². The van der Waals surface area contributed by atoms with E-state index in [9.17, 15) is 14.7 Å². The largest absolute Gasteiger partial charge is 0.480 e. The monoisotopic (exact) mass is 291 g/mol. The SMILES string of the molecule is Cc1nc(NC(CCC(N)=O)C(=O)O)c2cc(C)[nH]c2n1. The number of rotatable bonds is 6. The number of fused-ring (bicyclic) bond motifs is 1. The first-order valence-electron chi connectivity index (χ1n) is 6.48. The molecule has 0 aliphatic heterocycles. The molecule has 2 heterocycles. The molecule has 0 bridgehead atoms. The van der Waals surface area contributed by atoms with Gasteiger partial charge in [0.05, 0.1) is 5.39 Å². The number of nitrogens with two attached hydrogens (primary N) is 1. The first-order valence-corrected chi connectivity index (χ1v) is 6.48. The van der Waals surface area contributed by atoms with Crippen molar-refractivity contribution >= 4 is 28.7 Å². The van der Waals surface area contributed by atoms with E-state index >= 15 is 0 Å². The maximum atomic E-state index is 11.3. The van der Waals surface area contributed by atoms with Crippen molar-refractivity contribution in [1.82, 2.24) is 15.0 Å². The van der Waals surface area contributed by atoms with Gasteiger partial charge >= 0.3 is 5.97 Å². The van der Waals surface area contributed by atoms with Gasteiger partial charge in [0, 0.05) is 12.1 Å². The maximum absolute atomic E-state index is 11.3. The Morgan fingerprint density at radius 3 is 2.76 bits per heavy atom. The van der Waals surface area contributed by atoms with Crippen molar-refractivity contribution in [1.29, 1.82) is 0 Å². The Labute approximate surface area is 120 Å². The van der Waals surface area contributed by atoms with Crippen LogP contribution in [0.25, 0.3) is 11.0 Å². The number of carboxylic acids is 1. The molecule has 112 valence electrons. The van der Waals surface area contributed by atoms with Crippen LogP contribution < -0.4 is 11.1 Å². The van der Waals surface area contributed by atoms with Crippen LogP contribution in [0.3, 0.4) is 0 Å². The zero-order chi connectivity index (χ0) is 15.6. The quantitative estimate of drug-likeness (QED) is 0.619. The summed E-state index contributed by atoms with van der Waals surface area (Å²) in [6.45, 7) is 3.60. The van der Waals surface area contributed by atoms with Crippen LogP contribution in [0.2, 0.25) is 0 Å². The molecule has 8 nitrogen and oxygen atoms in total. The molecule has 0 radical (unpaired) electrons. The zero-order valence-corrected chi connectivity index (χ0v) is 11.8. The number of hydrogen-bond acceptors (Lipinski definition) is 5. The van der Waals surface area contributed by atoms with Crippen molar-refractivity contribution < 1.29 is 14.7 Å². The standard InChI is InChI=1S/C13H17N5O3/c1-6-5-8-11(15-6)16-7(2)17-12(8)18-9(13(20)21)3-4-10(14)19/h5,9H,3-4H2,1-2H3,(H2,14,19)(H,20,21)(H2,15,16,17,18). The second-order valence-electron chi connectivity index (χ2n) is 4.87. The van der Waals surface area contributed by atoms with Crippen LogP contribution in [0, 0.1) is 13.8 Å². The molecule has 0 spiro atoms. The number of primary amides is 1. The highest BCUT2D eigenvalue weighted by molar-refractivity contribution is 5.90. The Hall–Kier alpha value is -2.64. The fourth-order valence-corrected chi connectivity index (χ4v) is 2.07. The number of carboxylic acid groups (broad SMARTS) is 1. The molecule has 0 aliphatic rings. The summed E-state index contributed by atoms with van der Waals surface area (Å²) in [7, 11) is 0. The summed E-state index contributed by atoms with van der Waals surface area (Å²) < 4.78 is 0. The molecule has 21 heavy (non-hydrogen) atoms. The van der Waals surface area contributed by atoms with Crippen molar-refractivity contribution in [3.63, 3.8) is 0 Å². The summed E-state index contributed by atoms with van der Waals surface area (Å²) in [6, 6.07) is 0.898. The molecule has 0 aliphatic carbocycles. The van der Waals surface area contributed by atoms with E-state index in [1.807, 2.05) is 13.0 Å². The Kier molecular flexibility index (Phi) is 4.06. The lowest BCUT2D eigenvalue weighted by Crippen LogP contribution is -2.31. The fourth-order valence-electron chi connectivity index (χ4n) is 2.07. The number of carbonyl (C=O) groups is 2. The van der Waals surface area contributed by atoms with E-state index in [-0.39, 0.29) is 12.8 Å². The Balaban J connectivity index is 2.31. The summed E-state index contributed by atoms with van der Waals surface area (Å²) in [6.07, 6.45) is 0.0853. The topological polar surface area (TPSA) is 134 Å². The number of hydrogen-bond donors (Lipinski definition) is 4. The van der Waals surface area contributed by atoms with E-state index in [0.29, 0.717) is 22.7 Å². The third-order valence-electron chi connectivity index (χ3n) is 3.02. The molecule has 1 atom stereocenters. The minimum atomic E-state index is -1.06. The third kappa shape index (κ3) is 3.47. The molecule has 0 fully saturated rings. The van der Waals surface area contributed by atoms with Gasteiger partial charge in [-0.2, -0.15) is 0 Å². The van der Waals surface area contributed by atoms with Crippen molar-refractivity contribution in [2.45, 2.75) is 32.7 Å². The van der Waals surface area contributed by atoms with Gasteiger partial charge in [-0.25, -0.2) is 14.8 Å². The van der Waals surface area contributed by atoms with E-state index in [1.54, 1.807) is 6.92 Å². The fraction of sp³-hybridized carbons (Fsp3) is 0.385. The van der Waals surface area contributed by atoms with Crippen molar-refractivity contribution in [3.8, 4) is 0 Å². The number of nitrogens with one attached hydrogen (secondary N) is 2. The second kappa shape index (κ2) is 5.78. The van der Waals surface area contributed by atoms with Crippen LogP contribution in [0.15, 0.2) is 6.07 Å². The molecule has 0 saturated carbocycles. The molecule has 1 unspecified atom stereocenters. The van der Waals surface area contributed by atoms with E-state index in [2.05, 4.69) is 20.3 Å². The van der Waals surface area contributed by atoms with Crippen molar-refractivity contribution in [3.05, 3.63) is 17.6 Å². The minimum Gasteiger partial charge on any atom is -0.480 e. The molecule has 8 heteroatoms. The highest BCUT2D eigenvalue weighted by Crippen LogP contribution is 2.22. The van der Waals surface area contributed by atoms with Gasteiger partial charge in [-0.1, -0.05) is 0 Å². The molecule has 1 amide bonds. The average molecular weight is 291 g/mol. The highest BCUT2D eigenvalue weighted by atomic mass is 16.4. The van der Waals surface area contributed by atoms with Gasteiger partial charge in [-0.15, -0.1) is 0 Å². The van der Waals surface area contributed by atoms with E-state index in [1.165, 1.54) is 0 Å². The summed E-state index contributed by atoms with van der Waals surface area (Å²) in [5.41, 5.74) is 6.60. The summed E-state index contributed by atoms with van der Waals surface area (Å²) >= 11 is 0. The van der Waals surface area contributed by atoms with Gasteiger partial charge in [0.1, 0.15) is 23.3 Å². The molecule has 0 aromatic carbocycles. The predicted molar refractivity (Wildman–Crippen MR) is 76.8 cm³/mol. The molecule has 0 saturated heterocycles. The van der Waals surface area contributed by atoms with Gasteiger partial charge in [0.2, 0.25) is 5.91 Å². The van der Waals surface area contributed by atoms with Gasteiger partial charge in [0.15, 0.2) is 0 Å². The predicted octanol–water partition coefficient (Wildman–Crippen LogP) is 0.705.